The molecule has 100 valence electrons. The maximum Gasteiger partial charge on any atom is 0.257 e. The lowest BCUT2D eigenvalue weighted by Gasteiger charge is -2.00. The summed E-state index contributed by atoms with van der Waals surface area (Å²) in [6.45, 7) is 0. The number of anilines is 1. The Hall–Kier alpha value is -3.01. The van der Waals surface area contributed by atoms with Gasteiger partial charge in [-0.3, -0.25) is 4.79 Å². The van der Waals surface area contributed by atoms with Gasteiger partial charge < -0.3 is 5.32 Å². The van der Waals surface area contributed by atoms with Crippen molar-refractivity contribution in [1.29, 1.82) is 0 Å². The SMILES string of the molecule is O=C1Nc2ncccc2C1=Cc1ccc2ccccc2n1. The van der Waals surface area contributed by atoms with Gasteiger partial charge in [-0.1, -0.05) is 24.3 Å². The number of fused-ring (bicyclic) bond motifs is 2. The highest BCUT2D eigenvalue weighted by Crippen LogP contribution is 2.30. The third kappa shape index (κ3) is 1.97. The van der Waals surface area contributed by atoms with Crippen molar-refractivity contribution in [1.82, 2.24) is 9.97 Å². The normalized spacial score (nSPS) is 15.2. The van der Waals surface area contributed by atoms with Crippen molar-refractivity contribution in [3.05, 3.63) is 66.0 Å². The first-order valence-electron chi connectivity index (χ1n) is 6.65. The van der Waals surface area contributed by atoms with E-state index in [1.165, 1.54) is 0 Å². The summed E-state index contributed by atoms with van der Waals surface area (Å²) in [4.78, 5) is 20.8. The number of aromatic nitrogens is 2. The summed E-state index contributed by atoms with van der Waals surface area (Å²) in [5.41, 5.74) is 3.09. The van der Waals surface area contributed by atoms with Gasteiger partial charge in [0, 0.05) is 17.1 Å². The first-order valence-corrected chi connectivity index (χ1v) is 6.65. The van der Waals surface area contributed by atoms with Crippen molar-refractivity contribution in [3.63, 3.8) is 0 Å². The fourth-order valence-corrected chi connectivity index (χ4v) is 2.47. The molecule has 0 saturated carbocycles. The van der Waals surface area contributed by atoms with Crippen molar-refractivity contribution >= 4 is 34.3 Å². The van der Waals surface area contributed by atoms with Crippen molar-refractivity contribution in [3.8, 4) is 0 Å². The summed E-state index contributed by atoms with van der Waals surface area (Å²) in [5.74, 6) is 0.466. The molecule has 0 aliphatic carbocycles. The van der Waals surface area contributed by atoms with Crippen LogP contribution in [0.3, 0.4) is 0 Å². The molecular formula is C17H11N3O. The summed E-state index contributed by atoms with van der Waals surface area (Å²) in [6.07, 6.45) is 3.46. The molecule has 1 aliphatic heterocycles. The van der Waals surface area contributed by atoms with Crippen LogP contribution in [0, 0.1) is 0 Å². The summed E-state index contributed by atoms with van der Waals surface area (Å²) in [7, 11) is 0. The smallest absolute Gasteiger partial charge is 0.257 e. The van der Waals surface area contributed by atoms with Crippen LogP contribution in [0.5, 0.6) is 0 Å². The molecule has 4 nitrogen and oxygen atoms in total. The highest BCUT2D eigenvalue weighted by atomic mass is 16.2. The van der Waals surface area contributed by atoms with Crippen molar-refractivity contribution < 1.29 is 4.79 Å². The molecule has 1 aliphatic rings. The molecule has 0 saturated heterocycles. The van der Waals surface area contributed by atoms with Crippen molar-refractivity contribution in [2.45, 2.75) is 0 Å². The molecule has 0 unspecified atom stereocenters. The zero-order valence-electron chi connectivity index (χ0n) is 11.1. The maximum atomic E-state index is 12.1. The molecule has 0 atom stereocenters. The highest BCUT2D eigenvalue weighted by molar-refractivity contribution is 6.34. The number of amides is 1. The van der Waals surface area contributed by atoms with Gasteiger partial charge in [-0.25, -0.2) is 9.97 Å². The third-order valence-corrected chi connectivity index (χ3v) is 3.49. The number of nitrogens with zero attached hydrogens (tertiary/aromatic N) is 2. The zero-order valence-corrected chi connectivity index (χ0v) is 11.1. The van der Waals surface area contributed by atoms with Crippen LogP contribution in [0.25, 0.3) is 22.6 Å². The molecular weight excluding hydrogens is 262 g/mol. The van der Waals surface area contributed by atoms with Crippen molar-refractivity contribution in [2.24, 2.45) is 0 Å². The second-order valence-electron chi connectivity index (χ2n) is 4.84. The Labute approximate surface area is 121 Å². The number of carbonyl (C=O) groups excluding carboxylic acids is 1. The lowest BCUT2D eigenvalue weighted by molar-refractivity contribution is -0.110. The van der Waals surface area contributed by atoms with Gasteiger partial charge in [-0.2, -0.15) is 0 Å². The van der Waals surface area contributed by atoms with E-state index in [-0.39, 0.29) is 5.91 Å². The second-order valence-corrected chi connectivity index (χ2v) is 4.84. The lowest BCUT2D eigenvalue weighted by Crippen LogP contribution is -2.04. The number of pyridine rings is 2. The Bertz CT molecular complexity index is 899. The Kier molecular flexibility index (Phi) is 2.54. The number of nitrogens with one attached hydrogen (secondary N) is 1. The van der Waals surface area contributed by atoms with Crippen LogP contribution in [-0.4, -0.2) is 15.9 Å². The molecule has 4 heteroatoms. The Balaban J connectivity index is 1.84. The zero-order chi connectivity index (χ0) is 14.2. The topological polar surface area (TPSA) is 54.9 Å². The first-order chi connectivity index (χ1) is 10.3. The molecule has 0 bridgehead atoms. The van der Waals surface area contributed by atoms with Crippen LogP contribution in [0.15, 0.2) is 54.7 Å². The highest BCUT2D eigenvalue weighted by Gasteiger charge is 2.24. The van der Waals surface area contributed by atoms with Gasteiger partial charge in [0.25, 0.3) is 5.91 Å². The van der Waals surface area contributed by atoms with Gasteiger partial charge in [0.15, 0.2) is 0 Å². The van der Waals surface area contributed by atoms with E-state index in [0.29, 0.717) is 11.4 Å². The van der Waals surface area contributed by atoms with E-state index in [0.717, 1.165) is 22.2 Å². The molecule has 3 heterocycles. The van der Waals surface area contributed by atoms with Crippen LogP contribution in [0.2, 0.25) is 0 Å². The first kappa shape index (κ1) is 11.8. The van der Waals surface area contributed by atoms with Gasteiger partial charge in [-0.05, 0) is 30.3 Å². The lowest BCUT2D eigenvalue weighted by atomic mass is 10.1. The molecule has 0 spiro atoms. The summed E-state index contributed by atoms with van der Waals surface area (Å²) in [5, 5.41) is 3.84. The Morgan fingerprint density at radius 3 is 2.86 bits per heavy atom. The third-order valence-electron chi connectivity index (χ3n) is 3.49. The molecule has 1 amide bonds. The molecule has 21 heavy (non-hydrogen) atoms. The van der Waals surface area contributed by atoms with Gasteiger partial charge in [-0.15, -0.1) is 0 Å². The minimum atomic E-state index is -0.140. The van der Waals surface area contributed by atoms with Gasteiger partial charge in [0.05, 0.1) is 16.8 Å². The molecule has 0 fully saturated rings. The van der Waals surface area contributed by atoms with Crippen LogP contribution >= 0.6 is 0 Å². The van der Waals surface area contributed by atoms with Gasteiger partial charge in [0.2, 0.25) is 0 Å². The number of hydrogen-bond acceptors (Lipinski definition) is 3. The molecule has 4 rings (SSSR count). The van der Waals surface area contributed by atoms with E-state index >= 15 is 0 Å². The average Bonchev–Trinajstić information content (AvgIpc) is 2.83. The van der Waals surface area contributed by atoms with Gasteiger partial charge >= 0.3 is 0 Å². The Morgan fingerprint density at radius 2 is 1.90 bits per heavy atom. The van der Waals surface area contributed by atoms with E-state index < -0.39 is 0 Å². The quantitative estimate of drug-likeness (QED) is 0.693. The molecule has 3 aromatic rings. The second kappa shape index (κ2) is 4.52. The fourth-order valence-electron chi connectivity index (χ4n) is 2.47. The van der Waals surface area contributed by atoms with Crippen molar-refractivity contribution in [2.75, 3.05) is 5.32 Å². The molecule has 1 N–H and O–H groups in total. The maximum absolute atomic E-state index is 12.1. The summed E-state index contributed by atoms with van der Waals surface area (Å²) < 4.78 is 0. The van der Waals surface area contributed by atoms with Crippen LogP contribution < -0.4 is 5.32 Å². The standard InChI is InChI=1S/C17H11N3O/c21-17-14(13-5-3-9-18-16(13)20-17)10-12-8-7-11-4-1-2-6-15(11)19-12/h1-10H,(H,18,20,21). The summed E-state index contributed by atoms with van der Waals surface area (Å²) in [6, 6.07) is 15.5. The van der Waals surface area contributed by atoms with E-state index in [9.17, 15) is 4.79 Å². The largest absolute Gasteiger partial charge is 0.306 e. The molecule has 0 radical (unpaired) electrons. The minimum Gasteiger partial charge on any atom is -0.306 e. The van der Waals surface area contributed by atoms with E-state index in [4.69, 9.17) is 0 Å². The molecule has 1 aromatic carbocycles. The van der Waals surface area contributed by atoms with Gasteiger partial charge in [0.1, 0.15) is 5.82 Å². The predicted molar refractivity (Wildman–Crippen MR) is 82.5 cm³/mol. The van der Waals surface area contributed by atoms with E-state index in [2.05, 4.69) is 15.3 Å². The average molecular weight is 273 g/mol. The predicted octanol–water partition coefficient (Wildman–Crippen LogP) is 3.12. The number of hydrogen-bond donors (Lipinski definition) is 1. The molecule has 2 aromatic heterocycles. The number of benzene rings is 1. The minimum absolute atomic E-state index is 0.140. The van der Waals surface area contributed by atoms with Crippen LogP contribution in [0.1, 0.15) is 11.3 Å². The number of carbonyl (C=O) groups is 1. The van der Waals surface area contributed by atoms with Crippen LogP contribution in [0.4, 0.5) is 5.82 Å². The van der Waals surface area contributed by atoms with E-state index in [1.54, 1.807) is 12.3 Å². The summed E-state index contributed by atoms with van der Waals surface area (Å²) >= 11 is 0. The Morgan fingerprint density at radius 1 is 1.00 bits per heavy atom. The number of rotatable bonds is 1. The van der Waals surface area contributed by atoms with Crippen LogP contribution in [-0.2, 0) is 4.79 Å². The monoisotopic (exact) mass is 273 g/mol. The fraction of sp³-hybridized carbons (Fsp3) is 0. The number of para-hydroxylation sites is 1. The van der Waals surface area contributed by atoms with E-state index in [1.807, 2.05) is 48.5 Å².